The van der Waals surface area contributed by atoms with Crippen molar-refractivity contribution < 1.29 is 14.7 Å². The Kier molecular flexibility index (Phi) is 5.35. The van der Waals surface area contributed by atoms with Crippen LogP contribution in [0.3, 0.4) is 0 Å². The molecule has 1 atom stereocenters. The summed E-state index contributed by atoms with van der Waals surface area (Å²) in [7, 11) is 3.54. The van der Waals surface area contributed by atoms with Gasteiger partial charge in [0.15, 0.2) is 0 Å². The lowest BCUT2D eigenvalue weighted by atomic mass is 10.1. The topological polar surface area (TPSA) is 87.5 Å². The van der Waals surface area contributed by atoms with Gasteiger partial charge in [0.25, 0.3) is 0 Å². The molecule has 1 heterocycles. The minimum atomic E-state index is -0.858. The number of carbonyl (C=O) groups excluding carboxylic acids is 1. The summed E-state index contributed by atoms with van der Waals surface area (Å²) in [4.78, 5) is 28.0. The Bertz CT molecular complexity index is 444. The van der Waals surface area contributed by atoms with Crippen LogP contribution in [-0.4, -0.2) is 45.2 Å². The van der Waals surface area contributed by atoms with Gasteiger partial charge in [0, 0.05) is 39.5 Å². The quantitative estimate of drug-likeness (QED) is 0.794. The molecule has 19 heavy (non-hydrogen) atoms. The zero-order valence-electron chi connectivity index (χ0n) is 11.5. The summed E-state index contributed by atoms with van der Waals surface area (Å²) < 4.78 is 1.84. The highest BCUT2D eigenvalue weighted by Crippen LogP contribution is 2.02. The zero-order chi connectivity index (χ0) is 14.4. The van der Waals surface area contributed by atoms with Crippen LogP contribution in [0.2, 0.25) is 0 Å². The Morgan fingerprint density at radius 3 is 2.79 bits per heavy atom. The highest BCUT2D eigenvalue weighted by Gasteiger charge is 2.13. The van der Waals surface area contributed by atoms with Crippen LogP contribution in [0.5, 0.6) is 0 Å². The van der Waals surface area contributed by atoms with Gasteiger partial charge in [-0.3, -0.25) is 4.79 Å². The molecule has 0 bridgehead atoms. The van der Waals surface area contributed by atoms with Crippen molar-refractivity contribution in [3.8, 4) is 0 Å². The van der Waals surface area contributed by atoms with E-state index >= 15 is 0 Å². The van der Waals surface area contributed by atoms with E-state index in [1.807, 2.05) is 17.8 Å². The average molecular weight is 268 g/mol. The third-order valence-electron chi connectivity index (χ3n) is 2.77. The molecular weight excluding hydrogens is 248 g/mol. The molecule has 0 aromatic carbocycles. The highest BCUT2D eigenvalue weighted by atomic mass is 16.4. The van der Waals surface area contributed by atoms with Crippen LogP contribution in [0.25, 0.3) is 0 Å². The van der Waals surface area contributed by atoms with Crippen molar-refractivity contribution in [1.29, 1.82) is 0 Å². The van der Waals surface area contributed by atoms with E-state index in [0.29, 0.717) is 13.1 Å². The number of hydrogen-bond donors (Lipinski definition) is 2. The Morgan fingerprint density at radius 1 is 1.58 bits per heavy atom. The second-order valence-electron chi connectivity index (χ2n) is 4.70. The van der Waals surface area contributed by atoms with Crippen LogP contribution < -0.4 is 5.32 Å². The molecule has 2 N–H and O–H groups in total. The molecule has 1 unspecified atom stereocenters. The minimum Gasteiger partial charge on any atom is -0.481 e. The van der Waals surface area contributed by atoms with Crippen LogP contribution in [0.15, 0.2) is 12.4 Å². The molecule has 0 aliphatic rings. The number of imidazole rings is 1. The number of nitrogens with zero attached hydrogens (tertiary/aromatic N) is 3. The second-order valence-corrected chi connectivity index (χ2v) is 4.70. The third-order valence-corrected chi connectivity index (χ3v) is 2.77. The van der Waals surface area contributed by atoms with Crippen molar-refractivity contribution in [2.75, 3.05) is 13.6 Å². The molecule has 0 saturated heterocycles. The molecule has 1 aromatic rings. The average Bonchev–Trinajstić information content (AvgIpc) is 2.71. The first kappa shape index (κ1) is 15.0. The van der Waals surface area contributed by atoms with Gasteiger partial charge in [0.2, 0.25) is 0 Å². The van der Waals surface area contributed by atoms with E-state index in [0.717, 1.165) is 5.82 Å². The fraction of sp³-hybridized carbons (Fsp3) is 0.583. The molecule has 2 amide bonds. The zero-order valence-corrected chi connectivity index (χ0v) is 11.5. The molecule has 0 saturated carbocycles. The van der Waals surface area contributed by atoms with Crippen molar-refractivity contribution in [2.45, 2.75) is 19.9 Å². The maximum atomic E-state index is 11.8. The predicted molar refractivity (Wildman–Crippen MR) is 69.5 cm³/mol. The summed E-state index contributed by atoms with van der Waals surface area (Å²) >= 11 is 0. The first-order valence-electron chi connectivity index (χ1n) is 6.07. The summed E-state index contributed by atoms with van der Waals surface area (Å²) in [5.74, 6) is -0.164. The molecule has 106 valence electrons. The third kappa shape index (κ3) is 4.99. The van der Waals surface area contributed by atoms with Gasteiger partial charge in [0.1, 0.15) is 5.82 Å². The SMILES string of the molecule is CC(CNC(=O)N(C)Cc1nccn1C)CC(=O)O. The number of hydrogen-bond acceptors (Lipinski definition) is 3. The van der Waals surface area contributed by atoms with Gasteiger partial charge in [-0.2, -0.15) is 0 Å². The van der Waals surface area contributed by atoms with Gasteiger partial charge in [-0.1, -0.05) is 6.92 Å². The molecule has 0 aliphatic carbocycles. The number of amides is 2. The number of aryl methyl sites for hydroxylation is 1. The first-order valence-corrected chi connectivity index (χ1v) is 6.07. The summed E-state index contributed by atoms with van der Waals surface area (Å²) in [6.45, 7) is 2.53. The molecule has 1 rings (SSSR count). The molecule has 0 radical (unpaired) electrons. The van der Waals surface area contributed by atoms with E-state index in [-0.39, 0.29) is 18.4 Å². The number of carboxylic acids is 1. The number of urea groups is 1. The van der Waals surface area contributed by atoms with Crippen molar-refractivity contribution in [3.05, 3.63) is 18.2 Å². The van der Waals surface area contributed by atoms with Crippen molar-refractivity contribution in [3.63, 3.8) is 0 Å². The Hall–Kier alpha value is -2.05. The van der Waals surface area contributed by atoms with E-state index in [4.69, 9.17) is 5.11 Å². The fourth-order valence-electron chi connectivity index (χ4n) is 1.60. The maximum absolute atomic E-state index is 11.8. The minimum absolute atomic E-state index is 0.0450. The summed E-state index contributed by atoms with van der Waals surface area (Å²) in [6.07, 6.45) is 3.54. The van der Waals surface area contributed by atoms with E-state index < -0.39 is 5.97 Å². The molecule has 0 aliphatic heterocycles. The predicted octanol–water partition coefficient (Wildman–Crippen LogP) is 0.672. The number of aliphatic carboxylic acids is 1. The van der Waals surface area contributed by atoms with Gasteiger partial charge in [-0.15, -0.1) is 0 Å². The lowest BCUT2D eigenvalue weighted by Gasteiger charge is -2.19. The monoisotopic (exact) mass is 268 g/mol. The smallest absolute Gasteiger partial charge is 0.317 e. The van der Waals surface area contributed by atoms with Crippen LogP contribution in [0.1, 0.15) is 19.2 Å². The van der Waals surface area contributed by atoms with E-state index in [9.17, 15) is 9.59 Å². The molecule has 7 heteroatoms. The summed E-state index contributed by atoms with van der Waals surface area (Å²) in [6, 6.07) is -0.236. The van der Waals surface area contributed by atoms with Crippen LogP contribution in [0, 0.1) is 5.92 Å². The van der Waals surface area contributed by atoms with E-state index in [2.05, 4.69) is 10.3 Å². The molecular formula is C12H20N4O3. The van der Waals surface area contributed by atoms with Gasteiger partial charge in [-0.05, 0) is 5.92 Å². The molecule has 1 aromatic heterocycles. The van der Waals surface area contributed by atoms with E-state index in [1.54, 1.807) is 20.2 Å². The first-order chi connectivity index (χ1) is 8.90. The molecule has 0 fully saturated rings. The fourth-order valence-corrected chi connectivity index (χ4v) is 1.60. The number of rotatable bonds is 6. The van der Waals surface area contributed by atoms with Crippen LogP contribution in [-0.2, 0) is 18.4 Å². The van der Waals surface area contributed by atoms with Crippen LogP contribution >= 0.6 is 0 Å². The number of carbonyl (C=O) groups is 2. The molecule has 7 nitrogen and oxygen atoms in total. The largest absolute Gasteiger partial charge is 0.481 e. The van der Waals surface area contributed by atoms with Crippen LogP contribution in [0.4, 0.5) is 4.79 Å². The van der Waals surface area contributed by atoms with Gasteiger partial charge < -0.3 is 19.9 Å². The van der Waals surface area contributed by atoms with Crippen molar-refractivity contribution >= 4 is 12.0 Å². The number of carboxylic acid groups (broad SMARTS) is 1. The number of aromatic nitrogens is 2. The number of nitrogens with one attached hydrogen (secondary N) is 1. The standard InChI is InChI=1S/C12H20N4O3/c1-9(6-11(17)18)7-14-12(19)16(3)8-10-13-4-5-15(10)2/h4-5,9H,6-8H2,1-3H3,(H,14,19)(H,17,18). The Balaban J connectivity index is 2.37. The van der Waals surface area contributed by atoms with Crippen molar-refractivity contribution in [1.82, 2.24) is 19.8 Å². The van der Waals surface area contributed by atoms with Gasteiger partial charge in [0.05, 0.1) is 6.54 Å². The van der Waals surface area contributed by atoms with Gasteiger partial charge >= 0.3 is 12.0 Å². The Morgan fingerprint density at radius 2 is 2.26 bits per heavy atom. The normalized spacial score (nSPS) is 11.9. The maximum Gasteiger partial charge on any atom is 0.317 e. The highest BCUT2D eigenvalue weighted by molar-refractivity contribution is 5.74. The lowest BCUT2D eigenvalue weighted by molar-refractivity contribution is -0.137. The lowest BCUT2D eigenvalue weighted by Crippen LogP contribution is -2.39. The second kappa shape index (κ2) is 6.77. The summed E-state index contributed by atoms with van der Waals surface area (Å²) in [5, 5.41) is 11.3. The van der Waals surface area contributed by atoms with Gasteiger partial charge in [-0.25, -0.2) is 9.78 Å². The summed E-state index contributed by atoms with van der Waals surface area (Å²) in [5.41, 5.74) is 0. The van der Waals surface area contributed by atoms with Crippen molar-refractivity contribution in [2.24, 2.45) is 13.0 Å². The molecule has 0 spiro atoms. The Labute approximate surface area is 112 Å². The van der Waals surface area contributed by atoms with E-state index in [1.165, 1.54) is 4.90 Å².